The van der Waals surface area contributed by atoms with Crippen LogP contribution in [0.1, 0.15) is 36.8 Å². The molecule has 0 radical (unpaired) electrons. The van der Waals surface area contributed by atoms with E-state index in [1.807, 2.05) is 0 Å². The monoisotopic (exact) mass is 530 g/mol. The van der Waals surface area contributed by atoms with Gasteiger partial charge < -0.3 is 16.2 Å². The molecule has 0 aliphatic rings. The maximum Gasteiger partial charge on any atom is 0.405 e. The fourth-order valence-corrected chi connectivity index (χ4v) is 3.78. The SMILES string of the molecule is CC(C)(O)C#Cc1ccc(-c2cccn3c(NCC(F)(F)F)nnc23)c([C@@H](N)Cc2cc(F)cc(F)c2)n1. The maximum atomic E-state index is 13.8. The molecule has 0 aliphatic heterocycles. The van der Waals surface area contributed by atoms with Gasteiger partial charge in [0.1, 0.15) is 29.5 Å². The first kappa shape index (κ1) is 27.0. The minimum atomic E-state index is -4.45. The number of fused-ring (bicyclic) bond motifs is 1. The molecule has 3 heterocycles. The summed E-state index contributed by atoms with van der Waals surface area (Å²) in [6.45, 7) is 1.72. The molecule has 0 spiro atoms. The van der Waals surface area contributed by atoms with Crippen molar-refractivity contribution >= 4 is 11.6 Å². The number of benzene rings is 1. The third-order valence-corrected chi connectivity index (χ3v) is 5.32. The number of aliphatic hydroxyl groups is 1. The van der Waals surface area contributed by atoms with E-state index >= 15 is 0 Å². The van der Waals surface area contributed by atoms with Crippen molar-refractivity contribution in [1.29, 1.82) is 0 Å². The molecule has 7 nitrogen and oxygen atoms in total. The van der Waals surface area contributed by atoms with E-state index in [-0.39, 0.29) is 23.7 Å². The number of anilines is 1. The van der Waals surface area contributed by atoms with Gasteiger partial charge in [-0.15, -0.1) is 10.2 Å². The van der Waals surface area contributed by atoms with Crippen LogP contribution in [-0.4, -0.2) is 43.0 Å². The Balaban J connectivity index is 1.80. The molecule has 0 saturated carbocycles. The van der Waals surface area contributed by atoms with E-state index in [4.69, 9.17) is 5.73 Å². The number of rotatable bonds is 6. The minimum Gasteiger partial charge on any atom is -0.378 e. The fraction of sp³-hybridized carbons (Fsp3) is 0.269. The molecule has 38 heavy (non-hydrogen) atoms. The van der Waals surface area contributed by atoms with Crippen LogP contribution in [0.4, 0.5) is 27.9 Å². The summed E-state index contributed by atoms with van der Waals surface area (Å²) in [6.07, 6.45) is -2.93. The van der Waals surface area contributed by atoms with Gasteiger partial charge in [0.25, 0.3) is 0 Å². The second kappa shape index (κ2) is 10.4. The third kappa shape index (κ3) is 6.62. The van der Waals surface area contributed by atoms with Crippen LogP contribution in [0.5, 0.6) is 0 Å². The van der Waals surface area contributed by atoms with Gasteiger partial charge >= 0.3 is 6.18 Å². The summed E-state index contributed by atoms with van der Waals surface area (Å²) in [5, 5.41) is 20.1. The van der Waals surface area contributed by atoms with Gasteiger partial charge in [0, 0.05) is 23.4 Å². The molecule has 198 valence electrons. The Bertz CT molecular complexity index is 1510. The number of alkyl halides is 3. The van der Waals surface area contributed by atoms with Crippen molar-refractivity contribution in [3.8, 4) is 23.0 Å². The lowest BCUT2D eigenvalue weighted by Crippen LogP contribution is -2.22. The molecule has 0 saturated heterocycles. The molecule has 1 atom stereocenters. The van der Waals surface area contributed by atoms with E-state index in [1.165, 1.54) is 36.6 Å². The van der Waals surface area contributed by atoms with Gasteiger partial charge in [0.15, 0.2) is 5.65 Å². The first-order chi connectivity index (χ1) is 17.8. The van der Waals surface area contributed by atoms with E-state index in [2.05, 4.69) is 32.3 Å². The quantitative estimate of drug-likeness (QED) is 0.252. The van der Waals surface area contributed by atoms with Crippen LogP contribution in [0, 0.1) is 23.5 Å². The highest BCUT2D eigenvalue weighted by atomic mass is 19.4. The Morgan fingerprint density at radius 2 is 1.76 bits per heavy atom. The average molecular weight is 531 g/mol. The van der Waals surface area contributed by atoms with Crippen molar-refractivity contribution in [3.05, 3.63) is 77.2 Å². The number of hydrogen-bond donors (Lipinski definition) is 3. The predicted octanol–water partition coefficient (Wildman–Crippen LogP) is 4.41. The van der Waals surface area contributed by atoms with Gasteiger partial charge in [-0.25, -0.2) is 13.8 Å². The zero-order chi connectivity index (χ0) is 27.7. The van der Waals surface area contributed by atoms with E-state index < -0.39 is 36.0 Å². The second-order valence-electron chi connectivity index (χ2n) is 9.13. The summed E-state index contributed by atoms with van der Waals surface area (Å²) in [4.78, 5) is 4.56. The van der Waals surface area contributed by atoms with Crippen LogP contribution in [0.3, 0.4) is 0 Å². The van der Waals surface area contributed by atoms with Crippen LogP contribution in [0.25, 0.3) is 16.8 Å². The summed E-state index contributed by atoms with van der Waals surface area (Å²) in [5.74, 6) is 3.82. The van der Waals surface area contributed by atoms with Gasteiger partial charge in [-0.05, 0) is 68.2 Å². The molecule has 0 unspecified atom stereocenters. The molecule has 4 rings (SSSR count). The van der Waals surface area contributed by atoms with Crippen molar-refractivity contribution in [2.75, 3.05) is 11.9 Å². The Kier molecular flexibility index (Phi) is 7.35. The van der Waals surface area contributed by atoms with Gasteiger partial charge in [0.2, 0.25) is 5.95 Å². The topological polar surface area (TPSA) is 101 Å². The van der Waals surface area contributed by atoms with Crippen LogP contribution in [0.15, 0.2) is 48.7 Å². The fourth-order valence-electron chi connectivity index (χ4n) is 3.78. The van der Waals surface area contributed by atoms with Gasteiger partial charge in [0.05, 0.1) is 11.7 Å². The Labute approximate surface area is 214 Å². The van der Waals surface area contributed by atoms with Crippen LogP contribution < -0.4 is 11.1 Å². The summed E-state index contributed by atoms with van der Waals surface area (Å²) in [6, 6.07) is 8.75. The number of nitrogens with one attached hydrogen (secondary N) is 1. The minimum absolute atomic E-state index is 0.0191. The molecule has 0 bridgehead atoms. The summed E-state index contributed by atoms with van der Waals surface area (Å²) in [5.41, 5.74) is 7.26. The zero-order valence-corrected chi connectivity index (χ0v) is 20.3. The molecule has 3 aromatic heterocycles. The molecule has 0 aliphatic carbocycles. The number of halogens is 5. The van der Waals surface area contributed by atoms with Crippen molar-refractivity contribution in [2.24, 2.45) is 5.73 Å². The van der Waals surface area contributed by atoms with Gasteiger partial charge in [-0.1, -0.05) is 5.92 Å². The number of pyridine rings is 2. The smallest absolute Gasteiger partial charge is 0.378 e. The van der Waals surface area contributed by atoms with E-state index in [0.29, 0.717) is 22.4 Å². The first-order valence-electron chi connectivity index (χ1n) is 11.4. The number of aromatic nitrogens is 4. The Morgan fingerprint density at radius 1 is 1.05 bits per heavy atom. The van der Waals surface area contributed by atoms with E-state index in [0.717, 1.165) is 6.07 Å². The Morgan fingerprint density at radius 3 is 2.42 bits per heavy atom. The summed E-state index contributed by atoms with van der Waals surface area (Å²) < 4.78 is 67.1. The molecule has 4 N–H and O–H groups in total. The highest BCUT2D eigenvalue weighted by Crippen LogP contribution is 2.31. The van der Waals surface area contributed by atoms with Crippen LogP contribution >= 0.6 is 0 Å². The molecular formula is C26H23F5N6O. The predicted molar refractivity (Wildman–Crippen MR) is 131 cm³/mol. The van der Waals surface area contributed by atoms with Crippen molar-refractivity contribution < 1.29 is 27.1 Å². The largest absolute Gasteiger partial charge is 0.405 e. The number of nitrogens with zero attached hydrogens (tertiary/aromatic N) is 4. The summed E-state index contributed by atoms with van der Waals surface area (Å²) in [7, 11) is 0. The third-order valence-electron chi connectivity index (χ3n) is 5.32. The molecule has 12 heteroatoms. The van der Waals surface area contributed by atoms with Crippen LogP contribution in [0.2, 0.25) is 0 Å². The highest BCUT2D eigenvalue weighted by molar-refractivity contribution is 5.80. The second-order valence-corrected chi connectivity index (χ2v) is 9.13. The Hall–Kier alpha value is -4.08. The highest BCUT2D eigenvalue weighted by Gasteiger charge is 2.28. The number of hydrogen-bond acceptors (Lipinski definition) is 6. The molecule has 0 fully saturated rings. The van der Waals surface area contributed by atoms with Crippen molar-refractivity contribution in [2.45, 2.75) is 38.1 Å². The molecule has 1 aromatic carbocycles. The normalized spacial score (nSPS) is 12.8. The lowest BCUT2D eigenvalue weighted by Gasteiger charge is -2.17. The lowest BCUT2D eigenvalue weighted by molar-refractivity contribution is -0.115. The van der Waals surface area contributed by atoms with E-state index in [9.17, 15) is 27.1 Å². The molecular weight excluding hydrogens is 507 g/mol. The standard InChI is InChI=1S/C26H23F5N6O/c1-25(2,38)8-7-18-5-6-19(22(34-18)21(32)12-15-10-16(27)13-17(28)11-15)20-4-3-9-37-23(20)35-36-24(37)33-14-26(29,30)31/h3-6,9-11,13,21,38H,12,14,32H2,1-2H3,(H,33,36)/t21-/m0/s1. The maximum absolute atomic E-state index is 13.8. The molecule has 4 aromatic rings. The number of nitrogens with two attached hydrogens (primary N) is 1. The zero-order valence-electron chi connectivity index (χ0n) is 20.3. The van der Waals surface area contributed by atoms with E-state index in [1.54, 1.807) is 24.3 Å². The molecule has 0 amide bonds. The summed E-state index contributed by atoms with van der Waals surface area (Å²) >= 11 is 0. The first-order valence-corrected chi connectivity index (χ1v) is 11.4. The van der Waals surface area contributed by atoms with Gasteiger partial charge in [-0.2, -0.15) is 13.2 Å². The van der Waals surface area contributed by atoms with Crippen LogP contribution in [-0.2, 0) is 6.42 Å². The average Bonchev–Trinajstić information content (AvgIpc) is 3.23. The van der Waals surface area contributed by atoms with Crippen molar-refractivity contribution in [3.63, 3.8) is 0 Å². The lowest BCUT2D eigenvalue weighted by atomic mass is 9.96. The van der Waals surface area contributed by atoms with Gasteiger partial charge in [-0.3, -0.25) is 4.40 Å². The van der Waals surface area contributed by atoms with Crippen molar-refractivity contribution in [1.82, 2.24) is 19.6 Å².